The Bertz CT molecular complexity index is 1010. The van der Waals surface area contributed by atoms with Crippen LogP contribution >= 0.6 is 23.4 Å². The van der Waals surface area contributed by atoms with Crippen LogP contribution in [0.2, 0.25) is 5.02 Å². The summed E-state index contributed by atoms with van der Waals surface area (Å²) in [5.41, 5.74) is 0.364. The Morgan fingerprint density at radius 3 is 2.57 bits per heavy atom. The molecule has 12 heteroatoms. The number of hydrogen-bond donors (Lipinski definition) is 2. The predicted octanol–water partition coefficient (Wildman–Crippen LogP) is 3.34. The molecule has 0 bridgehead atoms. The molecule has 1 aliphatic heterocycles. The Labute approximate surface area is 177 Å². The summed E-state index contributed by atoms with van der Waals surface area (Å²) in [5.74, 6) is -1.75. The SMILES string of the molecule is C[C@@]1(c2ccccc2)NC(=O)N(NC(=O)CSc2ncc(C(F)(F)F)cc2Cl)C1=O. The minimum absolute atomic E-state index is 0.00569. The fraction of sp³-hybridized carbons (Fsp3) is 0.222. The molecule has 2 N–H and O–H groups in total. The highest BCUT2D eigenvalue weighted by molar-refractivity contribution is 8.00. The number of pyridine rings is 1. The number of aromatic nitrogens is 1. The smallest absolute Gasteiger partial charge is 0.318 e. The van der Waals surface area contributed by atoms with Crippen LogP contribution in [0.1, 0.15) is 18.1 Å². The van der Waals surface area contributed by atoms with E-state index in [9.17, 15) is 27.6 Å². The number of halogens is 4. The first-order valence-corrected chi connectivity index (χ1v) is 9.76. The van der Waals surface area contributed by atoms with Crippen LogP contribution in [0, 0.1) is 0 Å². The number of hydrogen-bond acceptors (Lipinski definition) is 5. The summed E-state index contributed by atoms with van der Waals surface area (Å²) in [6, 6.07) is 8.39. The third-order valence-corrected chi connectivity index (χ3v) is 5.66. The first kappa shape index (κ1) is 21.9. The minimum atomic E-state index is -4.59. The van der Waals surface area contributed by atoms with Gasteiger partial charge >= 0.3 is 12.2 Å². The molecule has 158 valence electrons. The molecular formula is C18H14ClF3N4O3S. The number of carbonyl (C=O) groups excluding carboxylic acids is 3. The van der Waals surface area contributed by atoms with E-state index < -0.39 is 35.1 Å². The first-order chi connectivity index (χ1) is 14.0. The molecule has 30 heavy (non-hydrogen) atoms. The van der Waals surface area contributed by atoms with Crippen molar-refractivity contribution in [2.24, 2.45) is 0 Å². The van der Waals surface area contributed by atoms with Crippen molar-refractivity contribution in [2.75, 3.05) is 5.75 Å². The van der Waals surface area contributed by atoms with Crippen LogP contribution in [0.25, 0.3) is 0 Å². The number of carbonyl (C=O) groups is 3. The zero-order valence-electron chi connectivity index (χ0n) is 15.3. The van der Waals surface area contributed by atoms with Gasteiger partial charge in [0.25, 0.3) is 5.91 Å². The molecule has 4 amide bonds. The predicted molar refractivity (Wildman–Crippen MR) is 102 cm³/mol. The average Bonchev–Trinajstić information content (AvgIpc) is 2.91. The summed E-state index contributed by atoms with van der Waals surface area (Å²) in [6.45, 7) is 1.51. The number of rotatable bonds is 5. The quantitative estimate of drug-likeness (QED) is 0.529. The van der Waals surface area contributed by atoms with Gasteiger partial charge in [0.05, 0.1) is 16.3 Å². The molecule has 2 heterocycles. The van der Waals surface area contributed by atoms with Crippen molar-refractivity contribution in [2.45, 2.75) is 23.7 Å². The zero-order valence-corrected chi connectivity index (χ0v) is 16.9. The summed E-state index contributed by atoms with van der Waals surface area (Å²) in [6.07, 6.45) is -3.99. The lowest BCUT2D eigenvalue weighted by molar-refractivity contribution is -0.138. The largest absolute Gasteiger partial charge is 0.417 e. The fourth-order valence-electron chi connectivity index (χ4n) is 2.69. The van der Waals surface area contributed by atoms with Crippen molar-refractivity contribution >= 4 is 41.2 Å². The van der Waals surface area contributed by atoms with E-state index in [1.165, 1.54) is 6.92 Å². The maximum absolute atomic E-state index is 12.7. The van der Waals surface area contributed by atoms with Gasteiger partial charge in [-0.1, -0.05) is 53.7 Å². The molecule has 1 saturated heterocycles. The minimum Gasteiger partial charge on any atom is -0.318 e. The summed E-state index contributed by atoms with van der Waals surface area (Å²) >= 11 is 6.56. The molecule has 1 aromatic heterocycles. The monoisotopic (exact) mass is 458 g/mol. The Hall–Kier alpha value is -2.79. The second kappa shape index (κ2) is 8.15. The summed E-state index contributed by atoms with van der Waals surface area (Å²) in [7, 11) is 0. The fourth-order valence-corrected chi connectivity index (χ4v) is 3.67. The van der Waals surface area contributed by atoms with Gasteiger partial charge in [-0.05, 0) is 18.6 Å². The molecule has 1 aromatic carbocycles. The Balaban J connectivity index is 1.64. The lowest BCUT2D eigenvalue weighted by Gasteiger charge is -2.22. The summed E-state index contributed by atoms with van der Waals surface area (Å²) in [4.78, 5) is 40.7. The van der Waals surface area contributed by atoms with E-state index >= 15 is 0 Å². The van der Waals surface area contributed by atoms with Gasteiger partial charge in [0, 0.05) is 6.20 Å². The van der Waals surface area contributed by atoms with Gasteiger partial charge in [0.2, 0.25) is 5.91 Å². The van der Waals surface area contributed by atoms with E-state index in [0.717, 1.165) is 11.8 Å². The van der Waals surface area contributed by atoms with Crippen LogP contribution < -0.4 is 10.7 Å². The van der Waals surface area contributed by atoms with Crippen LogP contribution in [0.3, 0.4) is 0 Å². The maximum Gasteiger partial charge on any atom is 0.417 e. The van der Waals surface area contributed by atoms with Crippen LogP contribution in [-0.4, -0.2) is 33.6 Å². The number of hydrazine groups is 1. The van der Waals surface area contributed by atoms with Crippen molar-refractivity contribution in [3.8, 4) is 0 Å². The number of thioether (sulfide) groups is 1. The molecule has 0 spiro atoms. The molecular weight excluding hydrogens is 445 g/mol. The molecule has 1 fully saturated rings. The number of alkyl halides is 3. The van der Waals surface area contributed by atoms with Crippen LogP contribution in [-0.2, 0) is 21.3 Å². The lowest BCUT2D eigenvalue weighted by Crippen LogP contribution is -2.48. The van der Waals surface area contributed by atoms with Gasteiger partial charge in [0.1, 0.15) is 10.6 Å². The van der Waals surface area contributed by atoms with Crippen molar-refractivity contribution in [1.82, 2.24) is 20.7 Å². The molecule has 0 radical (unpaired) electrons. The molecule has 0 saturated carbocycles. The molecule has 3 rings (SSSR count). The Morgan fingerprint density at radius 2 is 1.97 bits per heavy atom. The normalized spacial score (nSPS) is 19.0. The molecule has 2 aromatic rings. The molecule has 0 unspecified atom stereocenters. The van der Waals surface area contributed by atoms with Gasteiger partial charge in [-0.2, -0.15) is 18.2 Å². The number of benzene rings is 1. The molecule has 1 aliphatic rings. The van der Waals surface area contributed by atoms with E-state index in [-0.39, 0.29) is 15.8 Å². The highest BCUT2D eigenvalue weighted by atomic mass is 35.5. The van der Waals surface area contributed by atoms with E-state index in [1.807, 2.05) is 0 Å². The Kier molecular flexibility index (Phi) is 5.95. The highest BCUT2D eigenvalue weighted by Gasteiger charge is 2.49. The molecule has 0 aliphatic carbocycles. The average molecular weight is 459 g/mol. The highest BCUT2D eigenvalue weighted by Crippen LogP contribution is 2.33. The molecule has 7 nitrogen and oxygen atoms in total. The topological polar surface area (TPSA) is 91.4 Å². The van der Waals surface area contributed by atoms with Gasteiger partial charge < -0.3 is 5.32 Å². The number of urea groups is 1. The van der Waals surface area contributed by atoms with Crippen molar-refractivity contribution in [3.05, 3.63) is 58.7 Å². The number of amides is 4. The summed E-state index contributed by atoms with van der Waals surface area (Å²) in [5, 5.41) is 2.83. The lowest BCUT2D eigenvalue weighted by atomic mass is 9.92. The number of nitrogens with one attached hydrogen (secondary N) is 2. The van der Waals surface area contributed by atoms with Gasteiger partial charge in [-0.25, -0.2) is 9.78 Å². The maximum atomic E-state index is 12.7. The van der Waals surface area contributed by atoms with Gasteiger partial charge in [-0.3, -0.25) is 15.0 Å². The standard InChI is InChI=1S/C18H14ClF3N4O3S/c1-17(10-5-3-2-4-6-10)15(28)26(16(29)24-17)25-13(27)9-30-14-12(19)7-11(8-23-14)18(20,21)22/h2-8H,9H2,1H3,(H,24,29)(H,25,27)/t17-/m0/s1. The third kappa shape index (κ3) is 4.36. The molecule has 1 atom stereocenters. The zero-order chi connectivity index (χ0) is 22.1. The van der Waals surface area contributed by atoms with Crippen LogP contribution in [0.15, 0.2) is 47.6 Å². The van der Waals surface area contributed by atoms with E-state index in [2.05, 4.69) is 15.7 Å². The van der Waals surface area contributed by atoms with Crippen molar-refractivity contribution < 1.29 is 27.6 Å². The van der Waals surface area contributed by atoms with E-state index in [0.29, 0.717) is 22.8 Å². The van der Waals surface area contributed by atoms with Gasteiger partial charge in [0.15, 0.2) is 0 Å². The third-order valence-electron chi connectivity index (χ3n) is 4.25. The van der Waals surface area contributed by atoms with Crippen molar-refractivity contribution in [3.63, 3.8) is 0 Å². The van der Waals surface area contributed by atoms with Crippen molar-refractivity contribution in [1.29, 1.82) is 0 Å². The van der Waals surface area contributed by atoms with Crippen LogP contribution in [0.4, 0.5) is 18.0 Å². The van der Waals surface area contributed by atoms with E-state index in [1.54, 1.807) is 30.3 Å². The second-order valence-electron chi connectivity index (χ2n) is 6.39. The second-order valence-corrected chi connectivity index (χ2v) is 7.77. The Morgan fingerprint density at radius 1 is 1.30 bits per heavy atom. The first-order valence-electron chi connectivity index (χ1n) is 8.39. The summed E-state index contributed by atoms with van der Waals surface area (Å²) < 4.78 is 38.0. The van der Waals surface area contributed by atoms with Gasteiger partial charge in [-0.15, -0.1) is 0 Å². The van der Waals surface area contributed by atoms with Crippen LogP contribution in [0.5, 0.6) is 0 Å². The number of imide groups is 1. The number of nitrogens with zero attached hydrogens (tertiary/aromatic N) is 2. The van der Waals surface area contributed by atoms with E-state index in [4.69, 9.17) is 11.6 Å².